The van der Waals surface area contributed by atoms with Gasteiger partial charge in [0.2, 0.25) is 0 Å². The van der Waals surface area contributed by atoms with Crippen LogP contribution in [-0.4, -0.2) is 56.8 Å². The van der Waals surface area contributed by atoms with Crippen LogP contribution in [0.25, 0.3) is 0 Å². The summed E-state index contributed by atoms with van der Waals surface area (Å²) in [6, 6.07) is -0.613. The molecule has 1 heterocycles. The topological polar surface area (TPSA) is 119 Å². The Balaban J connectivity index is 2.14. The molecule has 0 spiro atoms. The fourth-order valence-corrected chi connectivity index (χ4v) is 2.24. The molecule has 0 bridgehead atoms. The molecule has 0 aromatic carbocycles. The number of aliphatic hydroxyl groups is 1. The first-order valence-electron chi connectivity index (χ1n) is 6.84. The van der Waals surface area contributed by atoms with Crippen LogP contribution in [0.3, 0.4) is 0 Å². The summed E-state index contributed by atoms with van der Waals surface area (Å²) in [6.45, 7) is 1.61. The second kappa shape index (κ2) is 5.72. The van der Waals surface area contributed by atoms with Crippen LogP contribution in [0, 0.1) is 0 Å². The van der Waals surface area contributed by atoms with Crippen LogP contribution in [0.5, 0.6) is 0 Å². The molecule has 21 heavy (non-hydrogen) atoms. The van der Waals surface area contributed by atoms with E-state index in [0.29, 0.717) is 18.7 Å². The average Bonchev–Trinajstić information content (AvgIpc) is 2.90. The van der Waals surface area contributed by atoms with E-state index in [9.17, 15) is 9.59 Å². The molecule has 4 N–H and O–H groups in total. The molecular formula is C13H20N4O4. The molecule has 2 amide bonds. The number of carbonyl (C=O) groups excluding carboxylic acids is 1. The molecule has 0 aliphatic heterocycles. The molecule has 1 fully saturated rings. The van der Waals surface area contributed by atoms with Crippen molar-refractivity contribution in [2.45, 2.75) is 37.8 Å². The zero-order valence-corrected chi connectivity index (χ0v) is 12.1. The molecule has 2 rings (SSSR count). The number of rotatable bonds is 5. The van der Waals surface area contributed by atoms with Crippen LogP contribution in [0.2, 0.25) is 0 Å². The number of likely N-dealkylation sites (N-methyl/N-ethyl adjacent to an activating group) is 1. The second-order valence-electron chi connectivity index (χ2n) is 5.46. The lowest BCUT2D eigenvalue weighted by Gasteiger charge is -2.42. The van der Waals surface area contributed by atoms with E-state index in [-0.39, 0.29) is 24.4 Å². The van der Waals surface area contributed by atoms with Crippen LogP contribution in [0.4, 0.5) is 4.79 Å². The highest BCUT2D eigenvalue weighted by Crippen LogP contribution is 2.39. The Morgan fingerprint density at radius 2 is 2.24 bits per heavy atom. The SMILES string of the molecule is CC(CO)N(C)C(=O)NC1(c2ncc(C(=O)O)[nH]2)CCC1. The minimum Gasteiger partial charge on any atom is -0.477 e. The van der Waals surface area contributed by atoms with Crippen LogP contribution in [0.1, 0.15) is 42.5 Å². The molecule has 8 nitrogen and oxygen atoms in total. The number of hydrogen-bond donors (Lipinski definition) is 4. The highest BCUT2D eigenvalue weighted by atomic mass is 16.4. The third-order valence-electron chi connectivity index (χ3n) is 4.06. The largest absolute Gasteiger partial charge is 0.477 e. The van der Waals surface area contributed by atoms with Gasteiger partial charge in [-0.2, -0.15) is 0 Å². The smallest absolute Gasteiger partial charge is 0.353 e. The van der Waals surface area contributed by atoms with Gasteiger partial charge in [0.25, 0.3) is 0 Å². The number of nitrogens with one attached hydrogen (secondary N) is 2. The Labute approximate surface area is 122 Å². The van der Waals surface area contributed by atoms with Crippen molar-refractivity contribution in [3.63, 3.8) is 0 Å². The normalized spacial score (nSPS) is 17.7. The molecule has 1 atom stereocenters. The lowest BCUT2D eigenvalue weighted by molar-refractivity contribution is 0.0690. The molecule has 0 radical (unpaired) electrons. The van der Waals surface area contributed by atoms with Gasteiger partial charge < -0.3 is 25.4 Å². The quantitative estimate of drug-likeness (QED) is 0.631. The van der Waals surface area contributed by atoms with E-state index in [1.165, 1.54) is 11.1 Å². The van der Waals surface area contributed by atoms with Crippen molar-refractivity contribution in [1.82, 2.24) is 20.2 Å². The van der Waals surface area contributed by atoms with Gasteiger partial charge in [0.15, 0.2) is 0 Å². The van der Waals surface area contributed by atoms with Crippen molar-refractivity contribution < 1.29 is 19.8 Å². The number of amides is 2. The number of aromatic carboxylic acids is 1. The van der Waals surface area contributed by atoms with Gasteiger partial charge in [0, 0.05) is 7.05 Å². The zero-order chi connectivity index (χ0) is 15.6. The number of carboxylic acids is 1. The Bertz CT molecular complexity index is 538. The minimum absolute atomic E-state index is 0.00241. The summed E-state index contributed by atoms with van der Waals surface area (Å²) in [5.41, 5.74) is -0.642. The predicted molar refractivity (Wildman–Crippen MR) is 73.9 cm³/mol. The number of carbonyl (C=O) groups is 2. The lowest BCUT2D eigenvalue weighted by atomic mass is 9.76. The van der Waals surface area contributed by atoms with Crippen molar-refractivity contribution in [2.75, 3.05) is 13.7 Å². The maximum Gasteiger partial charge on any atom is 0.353 e. The van der Waals surface area contributed by atoms with Gasteiger partial charge in [-0.3, -0.25) is 0 Å². The number of aliphatic hydroxyl groups excluding tert-OH is 1. The predicted octanol–water partition coefficient (Wildman–Crippen LogP) is 0.509. The highest BCUT2D eigenvalue weighted by Gasteiger charge is 2.43. The number of aromatic nitrogens is 2. The van der Waals surface area contributed by atoms with Crippen molar-refractivity contribution in [2.24, 2.45) is 0 Å². The van der Waals surface area contributed by atoms with Gasteiger partial charge in [-0.05, 0) is 26.2 Å². The lowest BCUT2D eigenvalue weighted by Crippen LogP contribution is -2.56. The summed E-state index contributed by atoms with van der Waals surface area (Å²) in [6.07, 6.45) is 3.59. The number of carboxylic acid groups (broad SMARTS) is 1. The molecular weight excluding hydrogens is 276 g/mol. The summed E-state index contributed by atoms with van der Waals surface area (Å²) < 4.78 is 0. The third kappa shape index (κ3) is 2.85. The third-order valence-corrected chi connectivity index (χ3v) is 4.06. The first-order chi connectivity index (χ1) is 9.89. The first kappa shape index (κ1) is 15.3. The van der Waals surface area contributed by atoms with Crippen molar-refractivity contribution in [1.29, 1.82) is 0 Å². The van der Waals surface area contributed by atoms with E-state index >= 15 is 0 Å². The summed E-state index contributed by atoms with van der Waals surface area (Å²) in [5.74, 6) is -0.620. The standard InChI is InChI=1S/C13H20N4O4/c1-8(7-18)17(2)12(21)16-13(4-3-5-13)11-14-6-9(15-11)10(19)20/h6,8,18H,3-5,7H2,1-2H3,(H,14,15)(H,16,21)(H,19,20). The van der Waals surface area contributed by atoms with Crippen molar-refractivity contribution >= 4 is 12.0 Å². The Kier molecular flexibility index (Phi) is 4.17. The van der Waals surface area contributed by atoms with E-state index in [0.717, 1.165) is 6.42 Å². The number of imidazole rings is 1. The monoisotopic (exact) mass is 296 g/mol. The average molecular weight is 296 g/mol. The van der Waals surface area contributed by atoms with Crippen LogP contribution < -0.4 is 5.32 Å². The number of urea groups is 1. The van der Waals surface area contributed by atoms with Crippen molar-refractivity contribution in [3.8, 4) is 0 Å². The maximum atomic E-state index is 12.2. The van der Waals surface area contributed by atoms with E-state index < -0.39 is 11.5 Å². The van der Waals surface area contributed by atoms with E-state index in [1.54, 1.807) is 14.0 Å². The number of H-pyrrole nitrogens is 1. The molecule has 116 valence electrons. The molecule has 1 aromatic rings. The minimum atomic E-state index is -1.08. The van der Waals surface area contributed by atoms with E-state index in [2.05, 4.69) is 15.3 Å². The Hall–Kier alpha value is -2.09. The van der Waals surface area contributed by atoms with Gasteiger partial charge in [-0.1, -0.05) is 0 Å². The van der Waals surface area contributed by atoms with Crippen molar-refractivity contribution in [3.05, 3.63) is 17.7 Å². The summed E-state index contributed by atoms with van der Waals surface area (Å²) in [4.78, 5) is 31.4. The maximum absolute atomic E-state index is 12.2. The van der Waals surface area contributed by atoms with Crippen LogP contribution >= 0.6 is 0 Å². The molecule has 1 aliphatic rings. The summed E-state index contributed by atoms with van der Waals surface area (Å²) >= 11 is 0. The van der Waals surface area contributed by atoms with Gasteiger partial charge in [0.1, 0.15) is 11.5 Å². The summed E-state index contributed by atoms with van der Waals surface area (Å²) in [5, 5.41) is 20.9. The van der Waals surface area contributed by atoms with E-state index in [1.807, 2.05) is 0 Å². The Morgan fingerprint density at radius 3 is 2.67 bits per heavy atom. The van der Waals surface area contributed by atoms with Crippen LogP contribution in [-0.2, 0) is 5.54 Å². The first-order valence-corrected chi connectivity index (χ1v) is 6.84. The molecule has 1 aromatic heterocycles. The highest BCUT2D eigenvalue weighted by molar-refractivity contribution is 5.85. The number of nitrogens with zero attached hydrogens (tertiary/aromatic N) is 2. The molecule has 0 saturated heterocycles. The fourth-order valence-electron chi connectivity index (χ4n) is 2.24. The molecule has 1 saturated carbocycles. The second-order valence-corrected chi connectivity index (χ2v) is 5.46. The fraction of sp³-hybridized carbons (Fsp3) is 0.615. The van der Waals surface area contributed by atoms with Gasteiger partial charge in [-0.25, -0.2) is 14.6 Å². The molecule has 8 heteroatoms. The van der Waals surface area contributed by atoms with Gasteiger partial charge in [-0.15, -0.1) is 0 Å². The van der Waals surface area contributed by atoms with Gasteiger partial charge in [0.05, 0.1) is 24.4 Å². The zero-order valence-electron chi connectivity index (χ0n) is 12.1. The number of aromatic amines is 1. The Morgan fingerprint density at radius 1 is 1.57 bits per heavy atom. The molecule has 1 unspecified atom stereocenters. The van der Waals surface area contributed by atoms with Crippen LogP contribution in [0.15, 0.2) is 6.20 Å². The van der Waals surface area contributed by atoms with E-state index in [4.69, 9.17) is 10.2 Å². The van der Waals surface area contributed by atoms with Gasteiger partial charge >= 0.3 is 12.0 Å². The summed E-state index contributed by atoms with van der Waals surface area (Å²) in [7, 11) is 1.60. The molecule has 1 aliphatic carbocycles. The number of hydrogen-bond acceptors (Lipinski definition) is 4.